The zero-order valence-electron chi connectivity index (χ0n) is 12.9. The molecule has 0 heterocycles. The SMILES string of the molecule is NC(=O)CN(CC(=O)NCc1cc(F)cc(F)c1)C1CCCC1. The van der Waals surface area contributed by atoms with Gasteiger partial charge in [0, 0.05) is 18.7 Å². The number of hydrogen-bond donors (Lipinski definition) is 2. The number of primary amides is 1. The number of rotatable bonds is 7. The van der Waals surface area contributed by atoms with Gasteiger partial charge < -0.3 is 11.1 Å². The Bertz CT molecular complexity index is 554. The fourth-order valence-corrected chi connectivity index (χ4v) is 2.94. The summed E-state index contributed by atoms with van der Waals surface area (Å²) in [5, 5.41) is 2.61. The number of carbonyl (C=O) groups is 2. The second-order valence-electron chi connectivity index (χ2n) is 5.86. The van der Waals surface area contributed by atoms with E-state index in [4.69, 9.17) is 5.73 Å². The summed E-state index contributed by atoms with van der Waals surface area (Å²) in [4.78, 5) is 25.0. The number of carbonyl (C=O) groups excluding carboxylic acids is 2. The lowest BCUT2D eigenvalue weighted by atomic mass is 10.2. The fourth-order valence-electron chi connectivity index (χ4n) is 2.94. The maximum atomic E-state index is 13.1. The lowest BCUT2D eigenvalue weighted by Gasteiger charge is -2.26. The van der Waals surface area contributed by atoms with Crippen LogP contribution in [0.1, 0.15) is 31.2 Å². The first-order valence-electron chi connectivity index (χ1n) is 7.68. The van der Waals surface area contributed by atoms with Crippen LogP contribution >= 0.6 is 0 Å². The Labute approximate surface area is 133 Å². The highest BCUT2D eigenvalue weighted by molar-refractivity contribution is 5.80. The van der Waals surface area contributed by atoms with Crippen LogP contribution in [-0.4, -0.2) is 35.8 Å². The number of benzene rings is 1. The second-order valence-corrected chi connectivity index (χ2v) is 5.86. The van der Waals surface area contributed by atoms with Gasteiger partial charge >= 0.3 is 0 Å². The van der Waals surface area contributed by atoms with E-state index in [1.54, 1.807) is 4.90 Å². The Morgan fingerprint density at radius 3 is 2.30 bits per heavy atom. The Morgan fingerprint density at radius 2 is 1.74 bits per heavy atom. The third kappa shape index (κ3) is 5.59. The maximum absolute atomic E-state index is 13.1. The minimum atomic E-state index is -0.685. The van der Waals surface area contributed by atoms with Crippen LogP contribution in [0.15, 0.2) is 18.2 Å². The summed E-state index contributed by atoms with van der Waals surface area (Å²) in [5.74, 6) is -2.15. The number of nitrogens with two attached hydrogens (primary N) is 1. The van der Waals surface area contributed by atoms with E-state index in [1.165, 1.54) is 12.1 Å². The van der Waals surface area contributed by atoms with Crippen LogP contribution in [0.4, 0.5) is 8.78 Å². The molecule has 1 aliphatic carbocycles. The Kier molecular flexibility index (Phi) is 6.04. The molecule has 1 aliphatic rings. The summed E-state index contributed by atoms with van der Waals surface area (Å²) in [7, 11) is 0. The average molecular weight is 325 g/mol. The highest BCUT2D eigenvalue weighted by atomic mass is 19.1. The molecule has 1 fully saturated rings. The zero-order valence-corrected chi connectivity index (χ0v) is 12.9. The van der Waals surface area contributed by atoms with Crippen molar-refractivity contribution in [3.8, 4) is 0 Å². The molecule has 0 spiro atoms. The van der Waals surface area contributed by atoms with E-state index in [2.05, 4.69) is 5.32 Å². The van der Waals surface area contributed by atoms with Crippen molar-refractivity contribution >= 4 is 11.8 Å². The van der Waals surface area contributed by atoms with E-state index >= 15 is 0 Å². The molecule has 1 aromatic rings. The lowest BCUT2D eigenvalue weighted by Crippen LogP contribution is -2.45. The molecule has 3 N–H and O–H groups in total. The molecule has 0 saturated heterocycles. The van der Waals surface area contributed by atoms with Crippen LogP contribution in [0, 0.1) is 11.6 Å². The van der Waals surface area contributed by atoms with E-state index in [1.807, 2.05) is 0 Å². The third-order valence-electron chi connectivity index (χ3n) is 3.96. The van der Waals surface area contributed by atoms with Gasteiger partial charge in [-0.05, 0) is 30.5 Å². The van der Waals surface area contributed by atoms with Crippen molar-refractivity contribution in [1.82, 2.24) is 10.2 Å². The molecular weight excluding hydrogens is 304 g/mol. The summed E-state index contributed by atoms with van der Waals surface area (Å²) in [5.41, 5.74) is 5.58. The van der Waals surface area contributed by atoms with E-state index in [0.29, 0.717) is 5.56 Å². The fraction of sp³-hybridized carbons (Fsp3) is 0.500. The average Bonchev–Trinajstić information content (AvgIpc) is 2.97. The number of nitrogens with zero attached hydrogens (tertiary/aromatic N) is 1. The molecule has 1 aromatic carbocycles. The molecule has 126 valence electrons. The normalized spacial score (nSPS) is 15.1. The summed E-state index contributed by atoms with van der Waals surface area (Å²) >= 11 is 0. The molecule has 2 rings (SSSR count). The summed E-state index contributed by atoms with van der Waals surface area (Å²) < 4.78 is 26.2. The van der Waals surface area contributed by atoms with Gasteiger partial charge in [-0.1, -0.05) is 12.8 Å². The Hall–Kier alpha value is -2.02. The molecule has 1 saturated carbocycles. The summed E-state index contributed by atoms with van der Waals surface area (Å²) in [6, 6.07) is 3.29. The molecule has 2 amide bonds. The zero-order chi connectivity index (χ0) is 16.8. The Morgan fingerprint density at radius 1 is 1.13 bits per heavy atom. The van der Waals surface area contributed by atoms with E-state index in [9.17, 15) is 18.4 Å². The molecule has 0 aromatic heterocycles. The minimum Gasteiger partial charge on any atom is -0.369 e. The van der Waals surface area contributed by atoms with Crippen molar-refractivity contribution in [3.63, 3.8) is 0 Å². The number of halogens is 2. The van der Waals surface area contributed by atoms with Gasteiger partial charge in [0.2, 0.25) is 11.8 Å². The van der Waals surface area contributed by atoms with Gasteiger partial charge in [0.1, 0.15) is 11.6 Å². The minimum absolute atomic E-state index is 0.0303. The van der Waals surface area contributed by atoms with Gasteiger partial charge in [-0.3, -0.25) is 14.5 Å². The summed E-state index contributed by atoms with van der Waals surface area (Å²) in [6.45, 7) is 0.112. The van der Waals surface area contributed by atoms with Crippen molar-refractivity contribution in [2.45, 2.75) is 38.3 Å². The van der Waals surface area contributed by atoms with Gasteiger partial charge in [-0.25, -0.2) is 8.78 Å². The quantitative estimate of drug-likeness (QED) is 0.794. The number of nitrogens with one attached hydrogen (secondary N) is 1. The standard InChI is InChI=1S/C16H21F2N3O2/c17-12-5-11(6-13(18)7-12)8-20-16(23)10-21(9-15(19)22)14-3-1-2-4-14/h5-7,14H,1-4,8-10H2,(H2,19,22)(H,20,23). The predicted molar refractivity (Wildman–Crippen MR) is 81.2 cm³/mol. The Balaban J connectivity index is 1.89. The molecule has 0 atom stereocenters. The van der Waals surface area contributed by atoms with E-state index in [0.717, 1.165) is 31.7 Å². The lowest BCUT2D eigenvalue weighted by molar-refractivity contribution is -0.124. The van der Waals surface area contributed by atoms with Crippen molar-refractivity contribution in [1.29, 1.82) is 0 Å². The van der Waals surface area contributed by atoms with Crippen LogP contribution < -0.4 is 11.1 Å². The molecule has 0 unspecified atom stereocenters. The molecule has 7 heteroatoms. The first-order valence-corrected chi connectivity index (χ1v) is 7.68. The van der Waals surface area contributed by atoms with Gasteiger partial charge in [-0.2, -0.15) is 0 Å². The van der Waals surface area contributed by atoms with Crippen LogP contribution in [-0.2, 0) is 16.1 Å². The predicted octanol–water partition coefficient (Wildman–Crippen LogP) is 1.31. The van der Waals surface area contributed by atoms with Crippen molar-refractivity contribution in [2.75, 3.05) is 13.1 Å². The van der Waals surface area contributed by atoms with E-state index in [-0.39, 0.29) is 31.6 Å². The highest BCUT2D eigenvalue weighted by Gasteiger charge is 2.25. The van der Waals surface area contributed by atoms with Gasteiger partial charge in [-0.15, -0.1) is 0 Å². The first-order chi connectivity index (χ1) is 10.9. The van der Waals surface area contributed by atoms with Crippen LogP contribution in [0.25, 0.3) is 0 Å². The van der Waals surface area contributed by atoms with Crippen LogP contribution in [0.2, 0.25) is 0 Å². The largest absolute Gasteiger partial charge is 0.369 e. The van der Waals surface area contributed by atoms with Crippen molar-refractivity contribution in [3.05, 3.63) is 35.4 Å². The molecule has 0 bridgehead atoms. The molecule has 23 heavy (non-hydrogen) atoms. The van der Waals surface area contributed by atoms with Gasteiger partial charge in [0.05, 0.1) is 13.1 Å². The maximum Gasteiger partial charge on any atom is 0.234 e. The first kappa shape index (κ1) is 17.3. The monoisotopic (exact) mass is 325 g/mol. The van der Waals surface area contributed by atoms with Crippen molar-refractivity contribution in [2.24, 2.45) is 5.73 Å². The topological polar surface area (TPSA) is 75.4 Å². The van der Waals surface area contributed by atoms with E-state index < -0.39 is 17.5 Å². The highest BCUT2D eigenvalue weighted by Crippen LogP contribution is 2.23. The molecular formula is C16H21F2N3O2. The summed E-state index contributed by atoms with van der Waals surface area (Å²) in [6.07, 6.45) is 4.03. The van der Waals surface area contributed by atoms with Gasteiger partial charge in [0.25, 0.3) is 0 Å². The number of hydrogen-bond acceptors (Lipinski definition) is 3. The van der Waals surface area contributed by atoms with Crippen molar-refractivity contribution < 1.29 is 18.4 Å². The number of amides is 2. The smallest absolute Gasteiger partial charge is 0.234 e. The molecule has 0 aliphatic heterocycles. The van der Waals surface area contributed by atoms with Gasteiger partial charge in [0.15, 0.2) is 0 Å². The third-order valence-corrected chi connectivity index (χ3v) is 3.96. The molecule has 0 radical (unpaired) electrons. The van der Waals surface area contributed by atoms with Crippen LogP contribution in [0.3, 0.4) is 0 Å². The van der Waals surface area contributed by atoms with Crippen LogP contribution in [0.5, 0.6) is 0 Å². The second kappa shape index (κ2) is 8.01. The molecule has 5 nitrogen and oxygen atoms in total.